The van der Waals surface area contributed by atoms with Crippen molar-refractivity contribution in [2.75, 3.05) is 0 Å². The van der Waals surface area contributed by atoms with E-state index >= 15 is 0 Å². The highest BCUT2D eigenvalue weighted by Crippen LogP contribution is 1.80. The van der Waals surface area contributed by atoms with Gasteiger partial charge < -0.3 is 0 Å². The van der Waals surface area contributed by atoms with Crippen LogP contribution in [0.5, 0.6) is 0 Å². The maximum atomic E-state index is 8.38. The van der Waals surface area contributed by atoms with Crippen molar-refractivity contribution in [3.8, 4) is 6.07 Å². The minimum Gasteiger partial charge on any atom is -0.247 e. The molecule has 0 spiro atoms. The van der Waals surface area contributed by atoms with Crippen molar-refractivity contribution in [1.82, 2.24) is 4.98 Å². The molecule has 4 radical (unpaired) electrons. The number of nitrogens with zero attached hydrogens (tertiary/aromatic N) is 2. The van der Waals surface area contributed by atoms with Gasteiger partial charge in [-0.3, -0.25) is 0 Å². The zero-order chi connectivity index (χ0) is 7.56. The largest absolute Gasteiger partial charge is 0.247 e. The average Bonchev–Trinajstić information content (AvgIpc) is 1.88. The summed E-state index contributed by atoms with van der Waals surface area (Å²) in [5.74, 6) is 0. The fraction of sp³-hybridized carbons (Fsp3) is 0. The zero-order valence-corrected chi connectivity index (χ0v) is 5.20. The second-order valence-corrected chi connectivity index (χ2v) is 1.82. The van der Waals surface area contributed by atoms with Gasteiger partial charge in [0.1, 0.15) is 27.5 Å². The molecule has 0 amide bonds. The van der Waals surface area contributed by atoms with E-state index in [0.29, 0.717) is 10.9 Å². The van der Waals surface area contributed by atoms with Crippen molar-refractivity contribution in [2.45, 2.75) is 0 Å². The molecule has 0 aliphatic heterocycles. The number of pyridine rings is 1. The van der Waals surface area contributed by atoms with Gasteiger partial charge in [0.15, 0.2) is 0 Å². The molecule has 42 valence electrons. The van der Waals surface area contributed by atoms with Crippen LogP contribution in [0.4, 0.5) is 0 Å². The van der Waals surface area contributed by atoms with Crippen LogP contribution in [0, 0.1) is 11.3 Å². The van der Waals surface area contributed by atoms with Crippen molar-refractivity contribution in [2.24, 2.45) is 0 Å². The lowest BCUT2D eigenvalue weighted by atomic mass is 9.88. The van der Waals surface area contributed by atoms with Crippen LogP contribution < -0.4 is 10.9 Å². The summed E-state index contributed by atoms with van der Waals surface area (Å²) in [7, 11) is 10.7. The van der Waals surface area contributed by atoms with Crippen LogP contribution in [0.25, 0.3) is 0 Å². The summed E-state index contributed by atoms with van der Waals surface area (Å²) in [5, 5.41) is 8.38. The van der Waals surface area contributed by atoms with Gasteiger partial charge in [-0.05, 0) is 0 Å². The lowest BCUT2D eigenvalue weighted by molar-refractivity contribution is 1.30. The maximum absolute atomic E-state index is 8.38. The minimum absolute atomic E-state index is 0.217. The molecular weight excluding hydrogens is 122 g/mol. The van der Waals surface area contributed by atoms with Gasteiger partial charge in [0.25, 0.3) is 0 Å². The summed E-state index contributed by atoms with van der Waals surface area (Å²) in [4.78, 5) is 3.69. The van der Waals surface area contributed by atoms with E-state index in [0.717, 1.165) is 0 Å². The summed E-state index contributed by atoms with van der Waals surface area (Å²) < 4.78 is 0. The molecule has 0 N–H and O–H groups in total. The molecule has 0 saturated heterocycles. The summed E-state index contributed by atoms with van der Waals surface area (Å²) in [6.07, 6.45) is 1.40. The van der Waals surface area contributed by atoms with Crippen molar-refractivity contribution in [3.05, 3.63) is 18.0 Å². The quantitative estimate of drug-likeness (QED) is 0.396. The number of hydrogen-bond acceptors (Lipinski definition) is 2. The van der Waals surface area contributed by atoms with Crippen molar-refractivity contribution in [3.63, 3.8) is 0 Å². The Labute approximate surface area is 61.7 Å². The minimum atomic E-state index is 0.217. The highest BCUT2D eigenvalue weighted by Gasteiger charge is 1.95. The van der Waals surface area contributed by atoms with Crippen LogP contribution in [-0.2, 0) is 0 Å². The highest BCUT2D eigenvalue weighted by atomic mass is 14.7. The first-order valence-electron chi connectivity index (χ1n) is 2.65. The molecule has 2 nitrogen and oxygen atoms in total. The van der Waals surface area contributed by atoms with Gasteiger partial charge in [-0.1, -0.05) is 17.0 Å². The first-order valence-corrected chi connectivity index (χ1v) is 2.65. The van der Waals surface area contributed by atoms with E-state index in [1.807, 2.05) is 6.07 Å². The summed E-state index contributed by atoms with van der Waals surface area (Å²) in [6.45, 7) is 0. The molecule has 0 bridgehead atoms. The molecule has 0 atom stereocenters. The van der Waals surface area contributed by atoms with E-state index in [9.17, 15) is 0 Å². The molecular formula is C6H2B2N2. The zero-order valence-electron chi connectivity index (χ0n) is 5.20. The third kappa shape index (κ3) is 1.19. The molecule has 4 heteroatoms. The van der Waals surface area contributed by atoms with E-state index in [1.165, 1.54) is 12.3 Å². The van der Waals surface area contributed by atoms with Gasteiger partial charge in [-0.25, -0.2) is 4.98 Å². The fourth-order valence-electron chi connectivity index (χ4n) is 0.592. The second kappa shape index (κ2) is 2.57. The molecule has 0 aromatic carbocycles. The van der Waals surface area contributed by atoms with Crippen molar-refractivity contribution >= 4 is 26.6 Å². The van der Waals surface area contributed by atoms with E-state index in [2.05, 4.69) is 4.98 Å². The van der Waals surface area contributed by atoms with Gasteiger partial charge in [0.2, 0.25) is 0 Å². The number of nitriles is 1. The Hall–Kier alpha value is -1.23. The number of rotatable bonds is 0. The van der Waals surface area contributed by atoms with E-state index in [1.54, 1.807) is 0 Å². The Bertz CT molecular complexity index is 290. The molecule has 0 unspecified atom stereocenters. The first kappa shape index (κ1) is 6.88. The van der Waals surface area contributed by atoms with Gasteiger partial charge in [-0.15, -0.1) is 0 Å². The Kier molecular flexibility index (Phi) is 1.77. The third-order valence-electron chi connectivity index (χ3n) is 1.04. The maximum Gasteiger partial charge on any atom is 0.133 e. The lowest BCUT2D eigenvalue weighted by Gasteiger charge is -1.96. The van der Waals surface area contributed by atoms with E-state index in [4.69, 9.17) is 21.0 Å². The van der Waals surface area contributed by atoms with Crippen LogP contribution in [0.2, 0.25) is 0 Å². The first-order chi connectivity index (χ1) is 4.74. The SMILES string of the molecule is [B]c1cnc(C#N)c([B])c1. The molecule has 0 aliphatic rings. The Balaban J connectivity index is 3.23. The second-order valence-electron chi connectivity index (χ2n) is 1.82. The molecule has 0 aliphatic carbocycles. The molecule has 0 saturated carbocycles. The number of aromatic nitrogens is 1. The third-order valence-corrected chi connectivity index (χ3v) is 1.04. The molecule has 1 aromatic heterocycles. The normalized spacial score (nSPS) is 8.70. The average molecular weight is 124 g/mol. The van der Waals surface area contributed by atoms with Gasteiger partial charge in [0.05, 0.1) is 0 Å². The Morgan fingerprint density at radius 3 is 2.70 bits per heavy atom. The molecule has 1 aromatic rings. The number of hydrogen-bond donors (Lipinski definition) is 0. The predicted octanol–water partition coefficient (Wildman–Crippen LogP) is -1.46. The van der Waals surface area contributed by atoms with Crippen LogP contribution in [0.15, 0.2) is 12.3 Å². The van der Waals surface area contributed by atoms with E-state index in [-0.39, 0.29) is 5.69 Å². The van der Waals surface area contributed by atoms with Crippen molar-refractivity contribution < 1.29 is 0 Å². The van der Waals surface area contributed by atoms with Crippen LogP contribution >= 0.6 is 0 Å². The van der Waals surface area contributed by atoms with Crippen molar-refractivity contribution in [1.29, 1.82) is 5.26 Å². The van der Waals surface area contributed by atoms with Crippen LogP contribution in [-0.4, -0.2) is 20.7 Å². The highest BCUT2D eigenvalue weighted by molar-refractivity contribution is 6.38. The van der Waals surface area contributed by atoms with Gasteiger partial charge in [0, 0.05) is 6.20 Å². The fourth-order valence-corrected chi connectivity index (χ4v) is 0.592. The van der Waals surface area contributed by atoms with Crippen LogP contribution in [0.1, 0.15) is 5.69 Å². The molecule has 10 heavy (non-hydrogen) atoms. The summed E-state index contributed by atoms with van der Waals surface area (Å²) in [6, 6.07) is 3.34. The monoisotopic (exact) mass is 124 g/mol. The molecule has 0 fully saturated rings. The molecule has 1 heterocycles. The Morgan fingerprint density at radius 1 is 1.50 bits per heavy atom. The topological polar surface area (TPSA) is 36.7 Å². The molecule has 1 rings (SSSR count). The Morgan fingerprint density at radius 2 is 2.20 bits per heavy atom. The summed E-state index contributed by atoms with van der Waals surface area (Å²) in [5.41, 5.74) is 1.01. The predicted molar refractivity (Wildman–Crippen MR) is 39.7 cm³/mol. The smallest absolute Gasteiger partial charge is 0.133 e. The van der Waals surface area contributed by atoms with E-state index < -0.39 is 0 Å². The van der Waals surface area contributed by atoms with Crippen LogP contribution in [0.3, 0.4) is 0 Å². The van der Waals surface area contributed by atoms with Gasteiger partial charge in [-0.2, -0.15) is 5.26 Å². The van der Waals surface area contributed by atoms with Gasteiger partial charge >= 0.3 is 0 Å². The summed E-state index contributed by atoms with van der Waals surface area (Å²) >= 11 is 0. The standard InChI is InChI=1S/C6H2B2N2/c7-4-1-5(8)6(2-9)10-3-4/h1,3H. The lowest BCUT2D eigenvalue weighted by Crippen LogP contribution is -2.18.